The molecule has 0 saturated carbocycles. The summed E-state index contributed by atoms with van der Waals surface area (Å²) in [6, 6.07) is 11.1. The van der Waals surface area contributed by atoms with E-state index in [1.807, 2.05) is 0 Å². The Bertz CT molecular complexity index is 418. The van der Waals surface area contributed by atoms with Crippen LogP contribution in [-0.2, 0) is 4.74 Å². The second kappa shape index (κ2) is 8.98. The van der Waals surface area contributed by atoms with E-state index in [0.717, 1.165) is 45.9 Å². The molecule has 0 bridgehead atoms. The summed E-state index contributed by atoms with van der Waals surface area (Å²) in [5.74, 6) is 0. The number of nitrogens with zero attached hydrogens (tertiary/aromatic N) is 2. The molecular weight excluding hydrogens is 260 g/mol. The van der Waals surface area contributed by atoms with E-state index in [4.69, 9.17) is 4.74 Å². The zero-order valence-electron chi connectivity index (χ0n) is 13.4. The molecule has 0 aliphatic carbocycles. The Hall–Kier alpha value is -1.16. The first-order valence-corrected chi connectivity index (χ1v) is 8.05. The van der Waals surface area contributed by atoms with Gasteiger partial charge in [-0.15, -0.1) is 0 Å². The molecule has 1 atom stereocenters. The minimum Gasteiger partial charge on any atom is -0.380 e. The highest BCUT2D eigenvalue weighted by molar-refractivity contribution is 5.48. The zero-order chi connectivity index (χ0) is 14.9. The normalized spacial score (nSPS) is 21.1. The van der Waals surface area contributed by atoms with E-state index in [-0.39, 0.29) is 0 Å². The lowest BCUT2D eigenvalue weighted by Gasteiger charge is -2.39. The van der Waals surface area contributed by atoms with Crippen LogP contribution in [0.4, 0.5) is 0 Å². The topological polar surface area (TPSA) is 15.7 Å². The molecule has 0 radical (unpaired) electrons. The molecule has 3 nitrogen and oxygen atoms in total. The van der Waals surface area contributed by atoms with Crippen LogP contribution in [0.15, 0.2) is 36.4 Å². The third-order valence-corrected chi connectivity index (χ3v) is 4.05. The average molecular weight is 288 g/mol. The Kier molecular flexibility index (Phi) is 6.93. The van der Waals surface area contributed by atoms with Crippen molar-refractivity contribution in [2.75, 3.05) is 45.9 Å². The van der Waals surface area contributed by atoms with Crippen LogP contribution in [-0.4, -0.2) is 61.8 Å². The van der Waals surface area contributed by atoms with Crippen LogP contribution in [0.3, 0.4) is 0 Å². The predicted octanol–water partition coefficient (Wildman–Crippen LogP) is 2.74. The van der Waals surface area contributed by atoms with E-state index in [0.29, 0.717) is 6.04 Å². The van der Waals surface area contributed by atoms with Crippen molar-refractivity contribution in [3.63, 3.8) is 0 Å². The third-order valence-electron chi connectivity index (χ3n) is 4.05. The summed E-state index contributed by atoms with van der Waals surface area (Å²) < 4.78 is 5.46. The summed E-state index contributed by atoms with van der Waals surface area (Å²) in [6.45, 7) is 11.6. The van der Waals surface area contributed by atoms with Crippen molar-refractivity contribution >= 4 is 6.08 Å². The summed E-state index contributed by atoms with van der Waals surface area (Å²) in [5, 5.41) is 0. The maximum absolute atomic E-state index is 5.46. The highest BCUT2D eigenvalue weighted by atomic mass is 16.5. The van der Waals surface area contributed by atoms with Crippen molar-refractivity contribution in [1.82, 2.24) is 9.80 Å². The smallest absolute Gasteiger partial charge is 0.0593 e. The van der Waals surface area contributed by atoms with Crippen molar-refractivity contribution in [3.8, 4) is 0 Å². The summed E-state index contributed by atoms with van der Waals surface area (Å²) in [6.07, 6.45) is 4.49. The maximum atomic E-state index is 5.46. The number of rotatable bonds is 7. The largest absolute Gasteiger partial charge is 0.380 e. The Labute approximate surface area is 129 Å². The van der Waals surface area contributed by atoms with Crippen molar-refractivity contribution in [1.29, 1.82) is 0 Å². The number of hydrogen-bond acceptors (Lipinski definition) is 3. The fraction of sp³-hybridized carbons (Fsp3) is 0.556. The van der Waals surface area contributed by atoms with Crippen LogP contribution in [0.2, 0.25) is 0 Å². The van der Waals surface area contributed by atoms with Gasteiger partial charge in [-0.2, -0.15) is 0 Å². The summed E-state index contributed by atoms with van der Waals surface area (Å²) >= 11 is 0. The summed E-state index contributed by atoms with van der Waals surface area (Å²) in [7, 11) is 0. The molecule has 0 amide bonds. The van der Waals surface area contributed by atoms with E-state index < -0.39 is 0 Å². The molecule has 1 fully saturated rings. The molecule has 1 aromatic rings. The molecule has 1 aliphatic rings. The van der Waals surface area contributed by atoms with Crippen molar-refractivity contribution < 1.29 is 4.74 Å². The Balaban J connectivity index is 1.71. The molecule has 1 unspecified atom stereocenters. The van der Waals surface area contributed by atoms with Gasteiger partial charge in [0, 0.05) is 45.4 Å². The number of benzene rings is 1. The quantitative estimate of drug-likeness (QED) is 0.718. The highest BCUT2D eigenvalue weighted by Crippen LogP contribution is 2.09. The number of hydrogen-bond donors (Lipinski definition) is 0. The van der Waals surface area contributed by atoms with E-state index in [1.165, 1.54) is 5.56 Å². The summed E-state index contributed by atoms with van der Waals surface area (Å²) in [4.78, 5) is 5.06. The second-order valence-corrected chi connectivity index (χ2v) is 5.65. The van der Waals surface area contributed by atoms with Gasteiger partial charge in [0.1, 0.15) is 0 Å². The molecular formula is C18H28N2O. The highest BCUT2D eigenvalue weighted by Gasteiger charge is 2.22. The van der Waals surface area contributed by atoms with Crippen LogP contribution in [0.5, 0.6) is 0 Å². The second-order valence-electron chi connectivity index (χ2n) is 5.65. The molecule has 1 aliphatic heterocycles. The Morgan fingerprint density at radius 3 is 2.76 bits per heavy atom. The van der Waals surface area contributed by atoms with Crippen LogP contribution in [0, 0.1) is 0 Å². The van der Waals surface area contributed by atoms with Gasteiger partial charge in [0.05, 0.1) is 6.61 Å². The minimum absolute atomic E-state index is 0.615. The molecule has 1 saturated heterocycles. The van der Waals surface area contributed by atoms with Gasteiger partial charge >= 0.3 is 0 Å². The fourth-order valence-corrected chi connectivity index (χ4v) is 2.80. The molecule has 3 heteroatoms. The lowest BCUT2D eigenvalue weighted by atomic mass is 10.2. The molecule has 1 heterocycles. The van der Waals surface area contributed by atoms with Gasteiger partial charge in [-0.1, -0.05) is 42.5 Å². The van der Waals surface area contributed by atoms with E-state index in [9.17, 15) is 0 Å². The first kappa shape index (κ1) is 16.2. The van der Waals surface area contributed by atoms with Crippen LogP contribution >= 0.6 is 0 Å². The zero-order valence-corrected chi connectivity index (χ0v) is 13.4. The third kappa shape index (κ3) is 5.62. The first-order chi connectivity index (χ1) is 10.3. The molecule has 0 N–H and O–H groups in total. The SMILES string of the molecule is CCOCCN1CCN(C/C=C/c2ccccc2)CC1C. The van der Waals surface area contributed by atoms with Crippen molar-refractivity contribution in [3.05, 3.63) is 42.0 Å². The van der Waals surface area contributed by atoms with E-state index >= 15 is 0 Å². The fourth-order valence-electron chi connectivity index (χ4n) is 2.80. The predicted molar refractivity (Wildman–Crippen MR) is 89.4 cm³/mol. The Morgan fingerprint density at radius 2 is 2.05 bits per heavy atom. The van der Waals surface area contributed by atoms with Crippen LogP contribution in [0.1, 0.15) is 19.4 Å². The minimum atomic E-state index is 0.615. The average Bonchev–Trinajstić information content (AvgIpc) is 2.51. The monoisotopic (exact) mass is 288 g/mol. The standard InChI is InChI=1S/C18H28N2O/c1-3-21-15-14-20-13-12-19(16-17(20)2)11-7-10-18-8-5-4-6-9-18/h4-10,17H,3,11-16H2,1-2H3/b10-7+. The van der Waals surface area contributed by atoms with E-state index in [2.05, 4.69) is 66.1 Å². The number of piperazine rings is 1. The number of ether oxygens (including phenoxy) is 1. The molecule has 0 aromatic heterocycles. The van der Waals surface area contributed by atoms with Gasteiger partial charge in [-0.3, -0.25) is 9.80 Å². The Morgan fingerprint density at radius 1 is 1.24 bits per heavy atom. The molecule has 21 heavy (non-hydrogen) atoms. The van der Waals surface area contributed by atoms with Gasteiger partial charge in [-0.25, -0.2) is 0 Å². The van der Waals surface area contributed by atoms with Crippen molar-refractivity contribution in [2.24, 2.45) is 0 Å². The molecule has 1 aromatic carbocycles. The van der Waals surface area contributed by atoms with Gasteiger partial charge in [0.25, 0.3) is 0 Å². The van der Waals surface area contributed by atoms with Gasteiger partial charge < -0.3 is 4.74 Å². The van der Waals surface area contributed by atoms with Crippen LogP contribution < -0.4 is 0 Å². The van der Waals surface area contributed by atoms with Gasteiger partial charge in [0.2, 0.25) is 0 Å². The lowest BCUT2D eigenvalue weighted by molar-refractivity contribution is 0.0535. The van der Waals surface area contributed by atoms with Gasteiger partial charge in [-0.05, 0) is 19.4 Å². The van der Waals surface area contributed by atoms with Gasteiger partial charge in [0.15, 0.2) is 0 Å². The molecule has 2 rings (SSSR count). The first-order valence-electron chi connectivity index (χ1n) is 8.05. The molecule has 116 valence electrons. The van der Waals surface area contributed by atoms with E-state index in [1.54, 1.807) is 0 Å². The molecule has 0 spiro atoms. The lowest BCUT2D eigenvalue weighted by Crippen LogP contribution is -2.52. The van der Waals surface area contributed by atoms with Crippen molar-refractivity contribution in [2.45, 2.75) is 19.9 Å². The summed E-state index contributed by atoms with van der Waals surface area (Å²) in [5.41, 5.74) is 1.28. The van der Waals surface area contributed by atoms with Crippen LogP contribution in [0.25, 0.3) is 6.08 Å². The maximum Gasteiger partial charge on any atom is 0.0593 e.